The van der Waals surface area contributed by atoms with Crippen LogP contribution in [0.5, 0.6) is 0 Å². The third-order valence-electron chi connectivity index (χ3n) is 4.32. The first-order valence-electron chi connectivity index (χ1n) is 8.81. The monoisotopic (exact) mass is 467 g/mol. The highest BCUT2D eigenvalue weighted by molar-refractivity contribution is 9.10. The largest absolute Gasteiger partial charge is 0.355 e. The van der Waals surface area contributed by atoms with Crippen molar-refractivity contribution in [3.8, 4) is 11.3 Å². The van der Waals surface area contributed by atoms with Crippen molar-refractivity contribution in [1.29, 1.82) is 0 Å². The number of aromatic nitrogens is 2. The van der Waals surface area contributed by atoms with E-state index < -0.39 is 0 Å². The summed E-state index contributed by atoms with van der Waals surface area (Å²) in [5.74, 6) is 0.695. The van der Waals surface area contributed by atoms with Crippen LogP contribution in [-0.2, 0) is 6.54 Å². The molecule has 0 radical (unpaired) electrons. The van der Waals surface area contributed by atoms with Crippen LogP contribution in [0.1, 0.15) is 16.1 Å². The lowest BCUT2D eigenvalue weighted by molar-refractivity contribution is 0.0975. The number of amides is 1. The van der Waals surface area contributed by atoms with Crippen LogP contribution in [0.3, 0.4) is 0 Å². The van der Waals surface area contributed by atoms with E-state index in [2.05, 4.69) is 26.1 Å². The molecule has 2 aromatic heterocycles. The number of anilines is 1. The molecule has 5 nitrogen and oxygen atoms in total. The predicted octanol–water partition coefficient (Wildman–Crippen LogP) is 6.00. The lowest BCUT2D eigenvalue weighted by Crippen LogP contribution is -2.31. The Morgan fingerprint density at radius 3 is 2.52 bits per heavy atom. The van der Waals surface area contributed by atoms with Crippen molar-refractivity contribution in [3.05, 3.63) is 99.7 Å². The van der Waals surface area contributed by atoms with Gasteiger partial charge >= 0.3 is 0 Å². The third kappa shape index (κ3) is 4.39. The van der Waals surface area contributed by atoms with E-state index in [9.17, 15) is 4.79 Å². The second-order valence-electron chi connectivity index (χ2n) is 6.25. The maximum atomic E-state index is 13.3. The van der Waals surface area contributed by atoms with Gasteiger partial charge in [0.2, 0.25) is 0 Å². The van der Waals surface area contributed by atoms with E-state index in [1.807, 2.05) is 48.5 Å². The van der Waals surface area contributed by atoms with Crippen LogP contribution < -0.4 is 4.90 Å². The maximum absolute atomic E-state index is 13.3. The van der Waals surface area contributed by atoms with Gasteiger partial charge in [0.1, 0.15) is 5.82 Å². The maximum Gasteiger partial charge on any atom is 0.281 e. The van der Waals surface area contributed by atoms with Crippen molar-refractivity contribution < 1.29 is 9.32 Å². The van der Waals surface area contributed by atoms with Gasteiger partial charge in [-0.05, 0) is 35.9 Å². The molecule has 0 saturated heterocycles. The van der Waals surface area contributed by atoms with Gasteiger partial charge in [0.05, 0.1) is 6.54 Å². The molecule has 1 amide bonds. The third-order valence-corrected chi connectivity index (χ3v) is 5.21. The average Bonchev–Trinajstić information content (AvgIpc) is 3.24. The van der Waals surface area contributed by atoms with Gasteiger partial charge < -0.3 is 4.52 Å². The zero-order valence-corrected chi connectivity index (χ0v) is 17.5. The summed E-state index contributed by atoms with van der Waals surface area (Å²) >= 11 is 9.71. The van der Waals surface area contributed by atoms with Crippen LogP contribution in [0.15, 0.2) is 88.0 Å². The molecule has 0 aliphatic rings. The molecule has 4 aromatic rings. The number of carbonyl (C=O) groups is 1. The fraction of sp³-hybridized carbons (Fsp3) is 0.0455. The van der Waals surface area contributed by atoms with Crippen LogP contribution >= 0.6 is 27.5 Å². The number of benzene rings is 2. The van der Waals surface area contributed by atoms with Crippen LogP contribution in [0.25, 0.3) is 11.3 Å². The molecule has 2 aromatic carbocycles. The summed E-state index contributed by atoms with van der Waals surface area (Å²) in [6.07, 6.45) is 1.64. The molecule has 7 heteroatoms. The smallest absolute Gasteiger partial charge is 0.281 e. The molecular weight excluding hydrogens is 454 g/mol. The summed E-state index contributed by atoms with van der Waals surface area (Å²) in [6.45, 7) is 0.260. The molecule has 0 fully saturated rings. The first kappa shape index (κ1) is 19.4. The van der Waals surface area contributed by atoms with Crippen molar-refractivity contribution in [2.75, 3.05) is 4.90 Å². The van der Waals surface area contributed by atoms with Crippen LogP contribution in [0.4, 0.5) is 5.82 Å². The zero-order valence-electron chi connectivity index (χ0n) is 15.1. The van der Waals surface area contributed by atoms with Gasteiger partial charge in [0.15, 0.2) is 11.5 Å². The normalized spacial score (nSPS) is 10.7. The lowest BCUT2D eigenvalue weighted by atomic mass is 10.1. The van der Waals surface area contributed by atoms with E-state index in [1.165, 1.54) is 4.90 Å². The van der Waals surface area contributed by atoms with Gasteiger partial charge in [-0.15, -0.1) is 0 Å². The van der Waals surface area contributed by atoms with Gasteiger partial charge in [0, 0.05) is 27.3 Å². The minimum absolute atomic E-state index is 0.195. The van der Waals surface area contributed by atoms with E-state index in [1.54, 1.807) is 30.5 Å². The van der Waals surface area contributed by atoms with E-state index in [-0.39, 0.29) is 18.1 Å². The Bertz CT molecular complexity index is 1130. The molecule has 0 saturated carbocycles. The standard InChI is InChI=1S/C22H15BrClN3O2/c23-17-10-8-15(9-11-17)20-13-19(26-29-20)22(28)27(21-7-3-4-12-25-21)14-16-5-1-2-6-18(16)24/h1-13H,14H2. The van der Waals surface area contributed by atoms with Crippen LogP contribution in [0, 0.1) is 0 Å². The van der Waals surface area contributed by atoms with E-state index in [4.69, 9.17) is 16.1 Å². The number of carbonyl (C=O) groups excluding carboxylic acids is 1. The molecule has 0 unspecified atom stereocenters. The minimum Gasteiger partial charge on any atom is -0.355 e. The molecule has 0 aliphatic heterocycles. The molecule has 0 bridgehead atoms. The molecule has 144 valence electrons. The Hall–Kier alpha value is -2.96. The SMILES string of the molecule is O=C(c1cc(-c2ccc(Br)cc2)on1)N(Cc1ccccc1Cl)c1ccccn1. The molecule has 0 N–H and O–H groups in total. The number of rotatable bonds is 5. The second kappa shape index (κ2) is 8.59. The van der Waals surface area contributed by atoms with Crippen molar-refractivity contribution in [1.82, 2.24) is 10.1 Å². The highest BCUT2D eigenvalue weighted by Gasteiger charge is 2.23. The molecule has 0 spiro atoms. The summed E-state index contributed by atoms with van der Waals surface area (Å²) in [4.78, 5) is 19.1. The topological polar surface area (TPSA) is 59.2 Å². The Kier molecular flexibility index (Phi) is 5.74. The molecule has 0 aliphatic carbocycles. The first-order chi connectivity index (χ1) is 14.1. The van der Waals surface area contributed by atoms with E-state index in [0.717, 1.165) is 15.6 Å². The molecular formula is C22H15BrClN3O2. The quantitative estimate of drug-likeness (QED) is 0.360. The van der Waals surface area contributed by atoms with Crippen LogP contribution in [0.2, 0.25) is 5.02 Å². The average molecular weight is 469 g/mol. The van der Waals surface area contributed by atoms with Gasteiger partial charge in [0.25, 0.3) is 5.91 Å². The minimum atomic E-state index is -0.323. The van der Waals surface area contributed by atoms with Gasteiger partial charge in [-0.1, -0.05) is 69.1 Å². The fourth-order valence-corrected chi connectivity index (χ4v) is 3.29. The zero-order chi connectivity index (χ0) is 20.2. The Morgan fingerprint density at radius 1 is 1.03 bits per heavy atom. The van der Waals surface area contributed by atoms with Gasteiger partial charge in [-0.25, -0.2) is 4.98 Å². The first-order valence-corrected chi connectivity index (χ1v) is 9.98. The summed E-state index contributed by atoms with van der Waals surface area (Å²) in [5.41, 5.74) is 1.83. The molecule has 29 heavy (non-hydrogen) atoms. The number of hydrogen-bond donors (Lipinski definition) is 0. The van der Waals surface area contributed by atoms with Crippen molar-refractivity contribution in [2.45, 2.75) is 6.54 Å². The predicted molar refractivity (Wildman–Crippen MR) is 116 cm³/mol. The Balaban J connectivity index is 1.67. The number of hydrogen-bond acceptors (Lipinski definition) is 4. The van der Waals surface area contributed by atoms with Crippen molar-refractivity contribution >= 4 is 39.3 Å². The lowest BCUT2D eigenvalue weighted by Gasteiger charge is -2.21. The molecule has 0 atom stereocenters. The molecule has 2 heterocycles. The van der Waals surface area contributed by atoms with Gasteiger partial charge in [-0.3, -0.25) is 9.69 Å². The van der Waals surface area contributed by atoms with Gasteiger partial charge in [-0.2, -0.15) is 0 Å². The Labute approximate surface area is 181 Å². The summed E-state index contributed by atoms with van der Waals surface area (Å²) < 4.78 is 6.37. The van der Waals surface area contributed by atoms with Crippen molar-refractivity contribution in [3.63, 3.8) is 0 Å². The van der Waals surface area contributed by atoms with Crippen molar-refractivity contribution in [2.24, 2.45) is 0 Å². The number of halogens is 2. The Morgan fingerprint density at radius 2 is 1.79 bits per heavy atom. The summed E-state index contributed by atoms with van der Waals surface area (Å²) in [6, 6.07) is 22.0. The highest BCUT2D eigenvalue weighted by Crippen LogP contribution is 2.25. The second-order valence-corrected chi connectivity index (χ2v) is 7.58. The number of pyridine rings is 1. The van der Waals surface area contributed by atoms with Crippen LogP contribution in [-0.4, -0.2) is 16.0 Å². The fourth-order valence-electron chi connectivity index (χ4n) is 2.83. The van der Waals surface area contributed by atoms with E-state index in [0.29, 0.717) is 16.6 Å². The number of nitrogens with zero attached hydrogens (tertiary/aromatic N) is 3. The highest BCUT2D eigenvalue weighted by atomic mass is 79.9. The summed E-state index contributed by atoms with van der Waals surface area (Å²) in [7, 11) is 0. The van der Waals surface area contributed by atoms with E-state index >= 15 is 0 Å². The molecule has 4 rings (SSSR count). The summed E-state index contributed by atoms with van der Waals surface area (Å²) in [5, 5.41) is 4.57.